The van der Waals surface area contributed by atoms with E-state index in [0.29, 0.717) is 6.54 Å². The summed E-state index contributed by atoms with van der Waals surface area (Å²) < 4.78 is 2.94. The van der Waals surface area contributed by atoms with Gasteiger partial charge < -0.3 is 4.57 Å². The van der Waals surface area contributed by atoms with E-state index in [1.54, 1.807) is 4.57 Å². The highest BCUT2D eigenvalue weighted by Gasteiger charge is 2.04. The Morgan fingerprint density at radius 1 is 1.05 bits per heavy atom. The van der Waals surface area contributed by atoms with Gasteiger partial charge in [-0.3, -0.25) is 4.79 Å². The number of fused-ring (bicyclic) bond motifs is 1. The molecule has 0 spiro atoms. The van der Waals surface area contributed by atoms with Gasteiger partial charge in [0.25, 0.3) is 5.56 Å². The van der Waals surface area contributed by atoms with E-state index in [4.69, 9.17) is 0 Å². The van der Waals surface area contributed by atoms with Crippen LogP contribution in [0.15, 0.2) is 59.5 Å². The highest BCUT2D eigenvalue weighted by atomic mass is 127. The van der Waals surface area contributed by atoms with Crippen molar-refractivity contribution in [3.05, 3.63) is 74.2 Å². The maximum atomic E-state index is 12.0. The van der Waals surface area contributed by atoms with Crippen LogP contribution in [-0.2, 0) is 6.54 Å². The highest BCUT2D eigenvalue weighted by Crippen LogP contribution is 2.12. The number of rotatable bonds is 2. The first-order valence-electron chi connectivity index (χ1n) is 5.93. The summed E-state index contributed by atoms with van der Waals surface area (Å²) in [6, 6.07) is 15.9. The van der Waals surface area contributed by atoms with Crippen LogP contribution < -0.4 is 5.56 Å². The number of halogens is 1. The van der Waals surface area contributed by atoms with Gasteiger partial charge in [0.15, 0.2) is 0 Å². The first-order chi connectivity index (χ1) is 9.24. The number of aromatic nitrogens is 2. The number of hydrogen-bond acceptors (Lipinski definition) is 2. The van der Waals surface area contributed by atoms with Gasteiger partial charge in [0, 0.05) is 3.57 Å². The zero-order valence-corrected chi connectivity index (χ0v) is 12.2. The van der Waals surface area contributed by atoms with Crippen molar-refractivity contribution in [3.8, 4) is 0 Å². The lowest BCUT2D eigenvalue weighted by molar-refractivity contribution is 0.786. The minimum Gasteiger partial charge on any atom is -0.301 e. The average molecular weight is 362 g/mol. The summed E-state index contributed by atoms with van der Waals surface area (Å²) >= 11 is 2.27. The molecule has 2 aromatic carbocycles. The van der Waals surface area contributed by atoms with E-state index in [-0.39, 0.29) is 5.56 Å². The van der Waals surface area contributed by atoms with Crippen molar-refractivity contribution in [1.29, 1.82) is 0 Å². The van der Waals surface area contributed by atoms with Crippen LogP contribution in [0.5, 0.6) is 0 Å². The molecule has 94 valence electrons. The number of para-hydroxylation sites is 2. The van der Waals surface area contributed by atoms with Crippen molar-refractivity contribution in [3.63, 3.8) is 0 Å². The summed E-state index contributed by atoms with van der Waals surface area (Å²) in [6.45, 7) is 0.568. The largest absolute Gasteiger partial charge is 0.301 e. The summed E-state index contributed by atoms with van der Waals surface area (Å²) in [5, 5.41) is 0. The van der Waals surface area contributed by atoms with E-state index >= 15 is 0 Å². The summed E-state index contributed by atoms with van der Waals surface area (Å²) in [5.74, 6) is 0. The minimum absolute atomic E-state index is 0.0720. The lowest BCUT2D eigenvalue weighted by Crippen LogP contribution is -2.21. The van der Waals surface area contributed by atoms with Crippen molar-refractivity contribution in [2.45, 2.75) is 6.54 Å². The smallest absolute Gasteiger partial charge is 0.269 e. The number of benzene rings is 2. The van der Waals surface area contributed by atoms with Crippen molar-refractivity contribution >= 4 is 33.6 Å². The fraction of sp³-hybridized carbons (Fsp3) is 0.0667. The maximum absolute atomic E-state index is 12.0. The van der Waals surface area contributed by atoms with Crippen molar-refractivity contribution in [2.24, 2.45) is 0 Å². The van der Waals surface area contributed by atoms with Crippen LogP contribution in [0.2, 0.25) is 0 Å². The summed E-state index contributed by atoms with van der Waals surface area (Å²) in [5.41, 5.74) is 2.75. The van der Waals surface area contributed by atoms with Crippen molar-refractivity contribution < 1.29 is 0 Å². The second-order valence-corrected chi connectivity index (χ2v) is 5.54. The summed E-state index contributed by atoms with van der Waals surface area (Å²) in [4.78, 5) is 16.2. The van der Waals surface area contributed by atoms with Crippen LogP contribution in [0, 0.1) is 3.57 Å². The maximum Gasteiger partial charge on any atom is 0.269 e. The molecule has 3 rings (SSSR count). The van der Waals surface area contributed by atoms with Gasteiger partial charge in [-0.2, -0.15) is 0 Å². The monoisotopic (exact) mass is 362 g/mol. The second kappa shape index (κ2) is 5.13. The average Bonchev–Trinajstić information content (AvgIpc) is 2.44. The van der Waals surface area contributed by atoms with Crippen LogP contribution in [0.3, 0.4) is 0 Å². The molecule has 1 aromatic heterocycles. The standard InChI is InChI=1S/C15H11IN2O/c16-12-7-5-11(6-8-12)10-18-14-4-2-1-3-13(14)17-9-15(18)19/h1-9H,10H2. The van der Waals surface area contributed by atoms with Crippen LogP contribution in [0.4, 0.5) is 0 Å². The van der Waals surface area contributed by atoms with E-state index in [2.05, 4.69) is 27.6 Å². The normalized spacial score (nSPS) is 10.8. The van der Waals surface area contributed by atoms with Gasteiger partial charge >= 0.3 is 0 Å². The SMILES string of the molecule is O=c1cnc2ccccc2n1Cc1ccc(I)cc1. The lowest BCUT2D eigenvalue weighted by atomic mass is 10.2. The fourth-order valence-corrected chi connectivity index (χ4v) is 2.41. The third-order valence-corrected chi connectivity index (χ3v) is 3.73. The molecule has 0 radical (unpaired) electrons. The molecule has 19 heavy (non-hydrogen) atoms. The first-order valence-corrected chi connectivity index (χ1v) is 7.01. The van der Waals surface area contributed by atoms with E-state index in [9.17, 15) is 4.79 Å². The zero-order valence-electron chi connectivity index (χ0n) is 10.1. The molecule has 0 saturated heterocycles. The first kappa shape index (κ1) is 12.3. The van der Waals surface area contributed by atoms with Crippen molar-refractivity contribution in [2.75, 3.05) is 0 Å². The molecule has 3 aromatic rings. The van der Waals surface area contributed by atoms with Gasteiger partial charge in [-0.15, -0.1) is 0 Å². The van der Waals surface area contributed by atoms with Crippen LogP contribution in [0.25, 0.3) is 11.0 Å². The molecule has 0 aliphatic rings. The summed E-state index contributed by atoms with van der Waals surface area (Å²) in [6.07, 6.45) is 1.38. The number of nitrogens with zero attached hydrogens (tertiary/aromatic N) is 2. The molecule has 0 fully saturated rings. The van der Waals surface area contributed by atoms with E-state index in [1.807, 2.05) is 48.5 Å². The molecule has 0 N–H and O–H groups in total. The Labute approximate surface area is 124 Å². The Morgan fingerprint density at radius 3 is 2.58 bits per heavy atom. The molecule has 0 aliphatic carbocycles. The molecule has 1 heterocycles. The molecule has 0 amide bonds. The molecule has 0 bridgehead atoms. The van der Waals surface area contributed by atoms with Gasteiger partial charge in [-0.1, -0.05) is 24.3 Å². The quantitative estimate of drug-likeness (QED) is 0.657. The minimum atomic E-state index is -0.0720. The molecule has 3 nitrogen and oxygen atoms in total. The van der Waals surface area contributed by atoms with Gasteiger partial charge in [0.1, 0.15) is 0 Å². The molecular weight excluding hydrogens is 351 g/mol. The third-order valence-electron chi connectivity index (χ3n) is 3.01. The van der Waals surface area contributed by atoms with E-state index in [0.717, 1.165) is 16.6 Å². The number of hydrogen-bond donors (Lipinski definition) is 0. The van der Waals surface area contributed by atoms with Crippen LogP contribution >= 0.6 is 22.6 Å². The van der Waals surface area contributed by atoms with Crippen molar-refractivity contribution in [1.82, 2.24) is 9.55 Å². The molecule has 0 saturated carbocycles. The predicted molar refractivity (Wildman–Crippen MR) is 84.3 cm³/mol. The van der Waals surface area contributed by atoms with Gasteiger partial charge in [0.05, 0.1) is 23.8 Å². The Hall–Kier alpha value is -1.69. The Morgan fingerprint density at radius 2 is 1.79 bits per heavy atom. The topological polar surface area (TPSA) is 34.9 Å². The molecule has 0 atom stereocenters. The molecule has 4 heteroatoms. The summed E-state index contributed by atoms with van der Waals surface area (Å²) in [7, 11) is 0. The van der Waals surface area contributed by atoms with Gasteiger partial charge in [-0.25, -0.2) is 4.98 Å². The molecular formula is C15H11IN2O. The predicted octanol–water partition coefficient (Wildman–Crippen LogP) is 3.05. The van der Waals surface area contributed by atoms with Crippen LogP contribution in [0.1, 0.15) is 5.56 Å². The zero-order chi connectivity index (χ0) is 13.2. The Kier molecular flexibility index (Phi) is 3.33. The van der Waals surface area contributed by atoms with E-state index in [1.165, 1.54) is 9.77 Å². The highest BCUT2D eigenvalue weighted by molar-refractivity contribution is 14.1. The van der Waals surface area contributed by atoms with Crippen LogP contribution in [-0.4, -0.2) is 9.55 Å². The molecule has 0 unspecified atom stereocenters. The van der Waals surface area contributed by atoms with Gasteiger partial charge in [0.2, 0.25) is 0 Å². The van der Waals surface area contributed by atoms with E-state index < -0.39 is 0 Å². The van der Waals surface area contributed by atoms with Gasteiger partial charge in [-0.05, 0) is 52.4 Å². The Bertz CT molecular complexity index is 778. The second-order valence-electron chi connectivity index (χ2n) is 4.30. The third kappa shape index (κ3) is 2.53. The Balaban J connectivity index is 2.12. The molecule has 0 aliphatic heterocycles. The lowest BCUT2D eigenvalue weighted by Gasteiger charge is -2.09. The fourth-order valence-electron chi connectivity index (χ4n) is 2.05.